The number of para-hydroxylation sites is 1. The molecule has 0 bridgehead atoms. The lowest BCUT2D eigenvalue weighted by molar-refractivity contribution is 0.123. The zero-order chi connectivity index (χ0) is 9.84. The van der Waals surface area contributed by atoms with Crippen LogP contribution in [0.3, 0.4) is 0 Å². The van der Waals surface area contributed by atoms with Gasteiger partial charge in [-0.15, -0.1) is 0 Å². The average Bonchev–Trinajstić information content (AvgIpc) is 2.16. The van der Waals surface area contributed by atoms with E-state index in [1.54, 1.807) is 7.11 Å². The molecule has 1 atom stereocenters. The zero-order valence-electron chi connectivity index (χ0n) is 8.32. The first-order chi connectivity index (χ1) is 6.16. The van der Waals surface area contributed by atoms with E-state index in [4.69, 9.17) is 4.74 Å². The summed E-state index contributed by atoms with van der Waals surface area (Å²) in [4.78, 5) is 0. The van der Waals surface area contributed by atoms with E-state index in [2.05, 4.69) is 0 Å². The van der Waals surface area contributed by atoms with Crippen LogP contribution in [0.2, 0.25) is 0 Å². The van der Waals surface area contributed by atoms with Crippen molar-refractivity contribution < 1.29 is 9.84 Å². The molecular weight excluding hydrogens is 164 g/mol. The first-order valence-electron chi connectivity index (χ1n) is 4.47. The third kappa shape index (κ3) is 2.22. The molecule has 0 radical (unpaired) electrons. The van der Waals surface area contributed by atoms with Gasteiger partial charge in [0.05, 0.1) is 13.2 Å². The van der Waals surface area contributed by atoms with Gasteiger partial charge in [-0.1, -0.05) is 32.0 Å². The summed E-state index contributed by atoms with van der Waals surface area (Å²) >= 11 is 0. The van der Waals surface area contributed by atoms with E-state index in [0.717, 1.165) is 11.3 Å². The van der Waals surface area contributed by atoms with Crippen molar-refractivity contribution in [1.29, 1.82) is 0 Å². The van der Waals surface area contributed by atoms with Gasteiger partial charge >= 0.3 is 0 Å². The quantitative estimate of drug-likeness (QED) is 0.773. The Morgan fingerprint density at radius 1 is 1.23 bits per heavy atom. The third-order valence-corrected chi connectivity index (χ3v) is 2.09. The molecule has 72 valence electrons. The summed E-state index contributed by atoms with van der Waals surface area (Å²) in [7, 11) is 1.62. The fraction of sp³-hybridized carbons (Fsp3) is 0.455. The molecule has 0 saturated carbocycles. The number of hydrogen-bond acceptors (Lipinski definition) is 2. The van der Waals surface area contributed by atoms with Crippen molar-refractivity contribution in [3.8, 4) is 5.75 Å². The highest BCUT2D eigenvalue weighted by Crippen LogP contribution is 2.29. The smallest absolute Gasteiger partial charge is 0.124 e. The SMILES string of the molecule is COc1ccccc1[C@H](O)C(C)C. The number of ether oxygens (including phenoxy) is 1. The maximum Gasteiger partial charge on any atom is 0.124 e. The van der Waals surface area contributed by atoms with Gasteiger partial charge in [-0.2, -0.15) is 0 Å². The molecule has 0 aromatic heterocycles. The van der Waals surface area contributed by atoms with Crippen molar-refractivity contribution in [2.75, 3.05) is 7.11 Å². The second-order valence-corrected chi connectivity index (χ2v) is 3.43. The van der Waals surface area contributed by atoms with Gasteiger partial charge < -0.3 is 9.84 Å². The van der Waals surface area contributed by atoms with Gasteiger partial charge in [0.15, 0.2) is 0 Å². The number of hydrogen-bond donors (Lipinski definition) is 1. The Morgan fingerprint density at radius 2 is 1.85 bits per heavy atom. The molecule has 0 saturated heterocycles. The van der Waals surface area contributed by atoms with Crippen molar-refractivity contribution >= 4 is 0 Å². The average molecular weight is 180 g/mol. The predicted octanol–water partition coefficient (Wildman–Crippen LogP) is 2.38. The Morgan fingerprint density at radius 3 is 2.38 bits per heavy atom. The Bertz CT molecular complexity index is 269. The van der Waals surface area contributed by atoms with Crippen molar-refractivity contribution in [3.63, 3.8) is 0 Å². The molecule has 1 aromatic carbocycles. The van der Waals surface area contributed by atoms with E-state index >= 15 is 0 Å². The minimum Gasteiger partial charge on any atom is -0.496 e. The molecule has 0 heterocycles. The molecule has 0 aliphatic carbocycles. The lowest BCUT2D eigenvalue weighted by atomic mass is 9.98. The highest BCUT2D eigenvalue weighted by molar-refractivity contribution is 5.35. The topological polar surface area (TPSA) is 29.5 Å². The summed E-state index contributed by atoms with van der Waals surface area (Å²) < 4.78 is 5.16. The van der Waals surface area contributed by atoms with Gasteiger partial charge in [0.1, 0.15) is 5.75 Å². The molecule has 1 rings (SSSR count). The van der Waals surface area contributed by atoms with Crippen LogP contribution < -0.4 is 4.74 Å². The highest BCUT2D eigenvalue weighted by Gasteiger charge is 2.15. The van der Waals surface area contributed by atoms with Crippen molar-refractivity contribution in [3.05, 3.63) is 29.8 Å². The van der Waals surface area contributed by atoms with Crippen LogP contribution in [0.4, 0.5) is 0 Å². The molecule has 0 fully saturated rings. The highest BCUT2D eigenvalue weighted by atomic mass is 16.5. The van der Waals surface area contributed by atoms with E-state index in [1.807, 2.05) is 38.1 Å². The normalized spacial score (nSPS) is 13.0. The number of aliphatic hydroxyl groups is 1. The van der Waals surface area contributed by atoms with Gasteiger partial charge in [0.25, 0.3) is 0 Å². The molecule has 0 spiro atoms. The maximum atomic E-state index is 9.83. The molecule has 0 aliphatic rings. The van der Waals surface area contributed by atoms with Crippen molar-refractivity contribution in [2.45, 2.75) is 20.0 Å². The molecular formula is C11H16O2. The van der Waals surface area contributed by atoms with Gasteiger partial charge in [-0.3, -0.25) is 0 Å². The second-order valence-electron chi connectivity index (χ2n) is 3.43. The minimum atomic E-state index is -0.448. The lowest BCUT2D eigenvalue weighted by Gasteiger charge is -2.17. The minimum absolute atomic E-state index is 0.205. The molecule has 0 unspecified atom stereocenters. The van der Waals surface area contributed by atoms with E-state index in [1.165, 1.54) is 0 Å². The van der Waals surface area contributed by atoms with E-state index in [9.17, 15) is 5.11 Å². The van der Waals surface area contributed by atoms with Crippen LogP contribution in [0, 0.1) is 5.92 Å². The predicted molar refractivity (Wildman–Crippen MR) is 52.8 cm³/mol. The van der Waals surface area contributed by atoms with Crippen LogP contribution in [0.1, 0.15) is 25.5 Å². The van der Waals surface area contributed by atoms with Crippen molar-refractivity contribution in [1.82, 2.24) is 0 Å². The molecule has 0 amide bonds. The van der Waals surface area contributed by atoms with Gasteiger partial charge in [-0.25, -0.2) is 0 Å². The number of aliphatic hydroxyl groups excluding tert-OH is 1. The van der Waals surface area contributed by atoms with Gasteiger partial charge in [0, 0.05) is 5.56 Å². The molecule has 13 heavy (non-hydrogen) atoms. The largest absolute Gasteiger partial charge is 0.496 e. The summed E-state index contributed by atoms with van der Waals surface area (Å²) in [6.07, 6.45) is -0.448. The number of benzene rings is 1. The van der Waals surface area contributed by atoms with Crippen LogP contribution in [-0.2, 0) is 0 Å². The Labute approximate surface area is 79.2 Å². The first-order valence-corrected chi connectivity index (χ1v) is 4.47. The number of methoxy groups -OCH3 is 1. The van der Waals surface area contributed by atoms with E-state index in [0.29, 0.717) is 0 Å². The summed E-state index contributed by atoms with van der Waals surface area (Å²) in [5, 5.41) is 9.83. The molecule has 1 N–H and O–H groups in total. The summed E-state index contributed by atoms with van der Waals surface area (Å²) in [5.74, 6) is 0.958. The fourth-order valence-corrected chi connectivity index (χ4v) is 1.27. The molecule has 1 aromatic rings. The number of rotatable bonds is 3. The van der Waals surface area contributed by atoms with Crippen LogP contribution >= 0.6 is 0 Å². The van der Waals surface area contributed by atoms with E-state index < -0.39 is 6.10 Å². The van der Waals surface area contributed by atoms with Gasteiger partial charge in [0.2, 0.25) is 0 Å². The Balaban J connectivity index is 2.98. The molecule has 0 aliphatic heterocycles. The maximum absolute atomic E-state index is 9.83. The summed E-state index contributed by atoms with van der Waals surface area (Å²) in [6, 6.07) is 7.56. The summed E-state index contributed by atoms with van der Waals surface area (Å²) in [6.45, 7) is 3.97. The Kier molecular flexibility index (Phi) is 3.32. The standard InChI is InChI=1S/C11H16O2/c1-8(2)11(12)9-6-4-5-7-10(9)13-3/h4-8,11-12H,1-3H3/t11-/m1/s1. The Hall–Kier alpha value is -1.02. The van der Waals surface area contributed by atoms with Crippen LogP contribution in [0.25, 0.3) is 0 Å². The van der Waals surface area contributed by atoms with Gasteiger partial charge in [-0.05, 0) is 12.0 Å². The zero-order valence-corrected chi connectivity index (χ0v) is 8.32. The summed E-state index contributed by atoms with van der Waals surface area (Å²) in [5.41, 5.74) is 0.861. The molecule has 2 heteroatoms. The third-order valence-electron chi connectivity index (χ3n) is 2.09. The van der Waals surface area contributed by atoms with E-state index in [-0.39, 0.29) is 5.92 Å². The monoisotopic (exact) mass is 180 g/mol. The first kappa shape index (κ1) is 10.1. The fourth-order valence-electron chi connectivity index (χ4n) is 1.27. The lowest BCUT2D eigenvalue weighted by Crippen LogP contribution is -2.06. The van der Waals surface area contributed by atoms with Crippen LogP contribution in [0.15, 0.2) is 24.3 Å². The second kappa shape index (κ2) is 4.28. The van der Waals surface area contributed by atoms with Crippen LogP contribution in [0.5, 0.6) is 5.75 Å². The van der Waals surface area contributed by atoms with Crippen molar-refractivity contribution in [2.24, 2.45) is 5.92 Å². The molecule has 2 nitrogen and oxygen atoms in total. The van der Waals surface area contributed by atoms with Crippen LogP contribution in [-0.4, -0.2) is 12.2 Å².